The van der Waals surface area contributed by atoms with Crippen LogP contribution in [0.4, 0.5) is 0 Å². The Balaban J connectivity index is 2.43. The van der Waals surface area contributed by atoms with Crippen LogP contribution in [0, 0.1) is 5.92 Å². The van der Waals surface area contributed by atoms with Crippen LogP contribution in [-0.2, 0) is 4.79 Å². The van der Waals surface area contributed by atoms with Gasteiger partial charge in [0, 0.05) is 19.0 Å². The van der Waals surface area contributed by atoms with E-state index >= 15 is 0 Å². The van der Waals surface area contributed by atoms with Gasteiger partial charge in [-0.25, -0.2) is 0 Å². The van der Waals surface area contributed by atoms with Crippen LogP contribution in [0.5, 0.6) is 0 Å². The quantitative estimate of drug-likeness (QED) is 0.767. The zero-order chi connectivity index (χ0) is 12.8. The molecule has 1 rings (SSSR count). The summed E-state index contributed by atoms with van der Waals surface area (Å²) in [6.45, 7) is 2.35. The highest BCUT2D eigenvalue weighted by Gasteiger charge is 2.26. The van der Waals surface area contributed by atoms with Crippen LogP contribution >= 0.6 is 0 Å². The normalized spacial score (nSPS) is 23.9. The molecule has 0 aromatic carbocycles. The summed E-state index contributed by atoms with van der Waals surface area (Å²) in [6, 6.07) is 0.525. The molecule has 0 radical (unpaired) electrons. The highest BCUT2D eigenvalue weighted by atomic mass is 16.4. The van der Waals surface area contributed by atoms with E-state index in [0.717, 1.165) is 19.4 Å². The van der Waals surface area contributed by atoms with Crippen molar-refractivity contribution in [2.75, 3.05) is 34.2 Å². The number of nitrogens with zero attached hydrogens (tertiary/aromatic N) is 2. The minimum absolute atomic E-state index is 0.299. The van der Waals surface area contributed by atoms with E-state index in [1.165, 1.54) is 19.4 Å². The van der Waals surface area contributed by atoms with Crippen molar-refractivity contribution >= 4 is 5.97 Å². The second kappa shape index (κ2) is 6.97. The molecule has 1 aliphatic rings. The first kappa shape index (κ1) is 14.5. The predicted molar refractivity (Wildman–Crippen MR) is 69.2 cm³/mol. The molecule has 1 fully saturated rings. The second-order valence-electron chi connectivity index (χ2n) is 5.48. The number of carboxylic acid groups (broad SMARTS) is 1. The molecule has 0 aliphatic carbocycles. The van der Waals surface area contributed by atoms with Gasteiger partial charge in [-0.05, 0) is 59.3 Å². The summed E-state index contributed by atoms with van der Waals surface area (Å²) in [5.41, 5.74) is 0. The molecule has 1 saturated heterocycles. The Morgan fingerprint density at radius 2 is 2.24 bits per heavy atom. The summed E-state index contributed by atoms with van der Waals surface area (Å²) in [5, 5.41) is 8.70. The Kier molecular flexibility index (Phi) is 5.92. The van der Waals surface area contributed by atoms with E-state index in [4.69, 9.17) is 5.11 Å². The molecule has 100 valence electrons. The molecule has 4 heteroatoms. The number of rotatable bonds is 6. The van der Waals surface area contributed by atoms with Gasteiger partial charge in [0.1, 0.15) is 0 Å². The van der Waals surface area contributed by atoms with Gasteiger partial charge in [-0.2, -0.15) is 0 Å². The van der Waals surface area contributed by atoms with Crippen molar-refractivity contribution in [3.63, 3.8) is 0 Å². The number of carboxylic acids is 1. The van der Waals surface area contributed by atoms with Gasteiger partial charge >= 0.3 is 5.97 Å². The van der Waals surface area contributed by atoms with E-state index in [9.17, 15) is 4.79 Å². The molecule has 0 spiro atoms. The molecular formula is C13H26N2O2. The first-order chi connectivity index (χ1) is 8.00. The Hall–Kier alpha value is -0.610. The molecule has 4 nitrogen and oxygen atoms in total. The molecule has 0 aromatic heterocycles. The highest BCUT2D eigenvalue weighted by molar-refractivity contribution is 5.66. The maximum Gasteiger partial charge on any atom is 0.303 e. The highest BCUT2D eigenvalue weighted by Crippen LogP contribution is 2.24. The molecule has 17 heavy (non-hydrogen) atoms. The Morgan fingerprint density at radius 1 is 1.53 bits per heavy atom. The third-order valence-electron chi connectivity index (χ3n) is 3.76. The van der Waals surface area contributed by atoms with Crippen LogP contribution in [0.2, 0.25) is 0 Å². The Morgan fingerprint density at radius 3 is 2.76 bits per heavy atom. The van der Waals surface area contributed by atoms with Crippen LogP contribution in [0.3, 0.4) is 0 Å². The zero-order valence-corrected chi connectivity index (χ0v) is 11.4. The van der Waals surface area contributed by atoms with E-state index in [-0.39, 0.29) is 0 Å². The first-order valence-corrected chi connectivity index (χ1v) is 6.57. The fraction of sp³-hybridized carbons (Fsp3) is 0.923. The number of carbonyl (C=O) groups is 1. The average molecular weight is 242 g/mol. The Bertz CT molecular complexity index is 244. The Labute approximate surface area is 105 Å². The molecule has 1 aliphatic heterocycles. The van der Waals surface area contributed by atoms with Crippen LogP contribution in [0.15, 0.2) is 0 Å². The summed E-state index contributed by atoms with van der Waals surface area (Å²) in [7, 11) is 6.40. The van der Waals surface area contributed by atoms with Gasteiger partial charge in [-0.15, -0.1) is 0 Å². The lowest BCUT2D eigenvalue weighted by atomic mass is 9.87. The molecule has 2 unspecified atom stereocenters. The smallest absolute Gasteiger partial charge is 0.303 e. The molecule has 2 atom stereocenters. The van der Waals surface area contributed by atoms with Crippen molar-refractivity contribution in [1.29, 1.82) is 0 Å². The summed E-state index contributed by atoms with van der Waals surface area (Å²) >= 11 is 0. The van der Waals surface area contributed by atoms with Gasteiger partial charge in [0.05, 0.1) is 0 Å². The molecule has 0 amide bonds. The van der Waals surface area contributed by atoms with Crippen LogP contribution < -0.4 is 0 Å². The van der Waals surface area contributed by atoms with Gasteiger partial charge in [0.25, 0.3) is 0 Å². The molecule has 0 saturated carbocycles. The number of aliphatic carboxylic acids is 1. The monoisotopic (exact) mass is 242 g/mol. The van der Waals surface area contributed by atoms with Gasteiger partial charge in [0.2, 0.25) is 0 Å². The number of piperidine rings is 1. The number of hydrogen-bond acceptors (Lipinski definition) is 3. The van der Waals surface area contributed by atoms with Crippen molar-refractivity contribution in [1.82, 2.24) is 9.80 Å². The zero-order valence-electron chi connectivity index (χ0n) is 11.4. The van der Waals surface area contributed by atoms with Gasteiger partial charge in [-0.1, -0.05) is 0 Å². The molecule has 1 heterocycles. The summed E-state index contributed by atoms with van der Waals surface area (Å²) < 4.78 is 0. The van der Waals surface area contributed by atoms with Crippen molar-refractivity contribution in [2.45, 2.75) is 38.1 Å². The molecule has 0 bridgehead atoms. The standard InChI is InChI=1S/C13H26N2O2/c1-14(2)12(7-4-8-13(16)17)11-6-5-9-15(3)10-11/h11-12H,4-10H2,1-3H3,(H,16,17). The van der Waals surface area contributed by atoms with Crippen LogP contribution in [0.25, 0.3) is 0 Å². The van der Waals surface area contributed by atoms with E-state index in [0.29, 0.717) is 18.4 Å². The van der Waals surface area contributed by atoms with Crippen LogP contribution in [0.1, 0.15) is 32.1 Å². The van der Waals surface area contributed by atoms with Crippen molar-refractivity contribution in [2.24, 2.45) is 5.92 Å². The molecule has 1 N–H and O–H groups in total. The number of likely N-dealkylation sites (tertiary alicyclic amines) is 1. The fourth-order valence-corrected chi connectivity index (χ4v) is 2.90. The SMILES string of the molecule is CN1CCCC(C(CCCC(=O)O)N(C)C)C1. The summed E-state index contributed by atoms with van der Waals surface area (Å²) in [4.78, 5) is 15.2. The van der Waals surface area contributed by atoms with Crippen molar-refractivity contribution in [3.8, 4) is 0 Å². The third kappa shape index (κ3) is 5.04. The lowest BCUT2D eigenvalue weighted by molar-refractivity contribution is -0.137. The molecule has 0 aromatic rings. The fourth-order valence-electron chi connectivity index (χ4n) is 2.90. The summed E-state index contributed by atoms with van der Waals surface area (Å²) in [6.07, 6.45) is 4.63. The van der Waals surface area contributed by atoms with Gasteiger partial charge in [-0.3, -0.25) is 4.79 Å². The van der Waals surface area contributed by atoms with Gasteiger partial charge in [0.15, 0.2) is 0 Å². The largest absolute Gasteiger partial charge is 0.481 e. The lowest BCUT2D eigenvalue weighted by Crippen LogP contribution is -2.44. The lowest BCUT2D eigenvalue weighted by Gasteiger charge is -2.38. The van der Waals surface area contributed by atoms with Gasteiger partial charge < -0.3 is 14.9 Å². The third-order valence-corrected chi connectivity index (χ3v) is 3.76. The topological polar surface area (TPSA) is 43.8 Å². The summed E-state index contributed by atoms with van der Waals surface area (Å²) in [5.74, 6) is 0.0146. The van der Waals surface area contributed by atoms with E-state index in [2.05, 4.69) is 30.9 Å². The maximum atomic E-state index is 10.6. The number of hydrogen-bond donors (Lipinski definition) is 1. The van der Waals surface area contributed by atoms with E-state index < -0.39 is 5.97 Å². The van der Waals surface area contributed by atoms with Crippen molar-refractivity contribution < 1.29 is 9.90 Å². The van der Waals surface area contributed by atoms with Crippen LogP contribution in [-0.4, -0.2) is 61.2 Å². The minimum atomic E-state index is -0.678. The van der Waals surface area contributed by atoms with Crippen molar-refractivity contribution in [3.05, 3.63) is 0 Å². The average Bonchev–Trinajstić information content (AvgIpc) is 2.23. The first-order valence-electron chi connectivity index (χ1n) is 6.57. The predicted octanol–water partition coefficient (Wildman–Crippen LogP) is 1.51. The van der Waals surface area contributed by atoms with E-state index in [1.54, 1.807) is 0 Å². The minimum Gasteiger partial charge on any atom is -0.481 e. The second-order valence-corrected chi connectivity index (χ2v) is 5.48. The maximum absolute atomic E-state index is 10.6. The molecular weight excluding hydrogens is 216 g/mol. The van der Waals surface area contributed by atoms with E-state index in [1.807, 2.05) is 0 Å².